The highest BCUT2D eigenvalue weighted by Gasteiger charge is 2.49. The highest BCUT2D eigenvalue weighted by atomic mass is 31.2. The lowest BCUT2D eigenvalue weighted by molar-refractivity contribution is -0.765. The van der Waals surface area contributed by atoms with Gasteiger partial charge in [0, 0.05) is 18.0 Å². The first-order chi connectivity index (χ1) is 19.1. The number of nitrogens with one attached hydrogen (secondary N) is 1. The summed E-state index contributed by atoms with van der Waals surface area (Å²) in [5.41, 5.74) is 6.66. The van der Waals surface area contributed by atoms with Crippen LogP contribution in [0.4, 0.5) is 5.69 Å². The molecule has 5 atom stereocenters. The predicted octanol–water partition coefficient (Wildman–Crippen LogP) is -0.311. The Bertz CT molecular complexity index is 1360. The van der Waals surface area contributed by atoms with Gasteiger partial charge in [-0.25, -0.2) is 9.25 Å². The zero-order chi connectivity index (χ0) is 28.7. The normalized spacial score (nSPS) is 22.1. The first-order valence-electron chi connectivity index (χ1n) is 12.3. The molecular formula is C24H30N6O9P+. The summed E-state index contributed by atoms with van der Waals surface area (Å²) in [6.07, 6.45) is 0.0446. The molecule has 15 nitrogen and oxygen atoms in total. The number of hydrogen-bond donors (Lipinski definition) is 5. The van der Waals surface area contributed by atoms with Crippen molar-refractivity contribution >= 4 is 25.3 Å². The zero-order valence-corrected chi connectivity index (χ0v) is 22.1. The molecule has 2 amide bonds. The molecule has 0 spiro atoms. The Morgan fingerprint density at radius 3 is 2.67 bits per heavy atom. The third-order valence-corrected chi connectivity index (χ3v) is 6.90. The van der Waals surface area contributed by atoms with Gasteiger partial charge in [-0.3, -0.25) is 18.6 Å². The molecule has 0 bridgehead atoms. The van der Waals surface area contributed by atoms with Crippen LogP contribution in [0, 0.1) is 0 Å². The van der Waals surface area contributed by atoms with Gasteiger partial charge in [-0.05, 0) is 31.0 Å². The fraction of sp³-hybridized carbons (Fsp3) is 0.375. The molecule has 3 heterocycles. The molecule has 4 rings (SSSR count). The number of aromatic nitrogens is 4. The van der Waals surface area contributed by atoms with E-state index in [-0.39, 0.29) is 24.6 Å². The minimum absolute atomic E-state index is 0.0300. The van der Waals surface area contributed by atoms with Crippen LogP contribution in [0.15, 0.2) is 61.1 Å². The number of anilines is 1. The Hall–Kier alpha value is -3.56. The number of aliphatic hydroxyl groups excluding tert-OH is 2. The quantitative estimate of drug-likeness (QED) is 0.101. The van der Waals surface area contributed by atoms with E-state index in [0.717, 1.165) is 0 Å². The van der Waals surface area contributed by atoms with Crippen molar-refractivity contribution in [1.29, 1.82) is 0 Å². The van der Waals surface area contributed by atoms with Gasteiger partial charge in [0.1, 0.15) is 24.3 Å². The van der Waals surface area contributed by atoms with Crippen LogP contribution in [0.2, 0.25) is 0 Å². The summed E-state index contributed by atoms with van der Waals surface area (Å²) in [6.45, 7) is -0.722. The molecule has 1 aliphatic rings. The molecule has 1 fully saturated rings. The molecule has 0 radical (unpaired) electrons. The average Bonchev–Trinajstić information content (AvgIpc) is 3.49. The van der Waals surface area contributed by atoms with Crippen molar-refractivity contribution in [2.24, 2.45) is 5.73 Å². The van der Waals surface area contributed by atoms with Gasteiger partial charge in [-0.1, -0.05) is 23.4 Å². The fourth-order valence-corrected chi connectivity index (χ4v) is 4.72. The molecule has 1 unspecified atom stereocenters. The number of primary amides is 1. The number of nitrogens with two attached hydrogens (primary N) is 1. The van der Waals surface area contributed by atoms with E-state index in [1.54, 1.807) is 30.5 Å². The van der Waals surface area contributed by atoms with Crippen LogP contribution in [0.5, 0.6) is 0 Å². The molecular weight excluding hydrogens is 547 g/mol. The summed E-state index contributed by atoms with van der Waals surface area (Å²) >= 11 is 0. The van der Waals surface area contributed by atoms with Crippen LogP contribution in [0.1, 0.15) is 28.7 Å². The Labute approximate surface area is 228 Å². The van der Waals surface area contributed by atoms with Crippen molar-refractivity contribution in [3.05, 3.63) is 72.3 Å². The molecule has 40 heavy (non-hydrogen) atoms. The summed E-state index contributed by atoms with van der Waals surface area (Å²) in [7, 11) is -4.51. The van der Waals surface area contributed by atoms with Gasteiger partial charge in [0.2, 0.25) is 5.91 Å². The number of carbonyl (C=O) groups excluding carboxylic acids is 2. The second kappa shape index (κ2) is 13.2. The molecule has 16 heteroatoms. The molecule has 3 aromatic rings. The van der Waals surface area contributed by atoms with E-state index in [9.17, 15) is 29.3 Å². The minimum atomic E-state index is -4.51. The lowest BCUT2D eigenvalue weighted by atomic mass is 10.1. The number of phosphoric ester groups is 1. The van der Waals surface area contributed by atoms with Crippen molar-refractivity contribution in [2.45, 2.75) is 43.9 Å². The lowest BCUT2D eigenvalue weighted by Gasteiger charge is -2.16. The number of rotatable bonds is 13. The maximum absolute atomic E-state index is 12.3. The zero-order valence-electron chi connectivity index (χ0n) is 21.2. The van der Waals surface area contributed by atoms with Crippen molar-refractivity contribution in [1.82, 2.24) is 15.0 Å². The molecule has 2 aromatic heterocycles. The minimum Gasteiger partial charge on any atom is -0.387 e. The first kappa shape index (κ1) is 29.4. The number of aliphatic hydroxyl groups is 2. The van der Waals surface area contributed by atoms with Crippen LogP contribution in [-0.2, 0) is 36.1 Å². The summed E-state index contributed by atoms with van der Waals surface area (Å²) in [4.78, 5) is 33.6. The molecule has 6 N–H and O–H groups in total. The number of phosphoric acid groups is 1. The topological polar surface area (TPSA) is 212 Å². The SMILES string of the molecule is NC(=O)c1ccc[n+]([C@@H]2O[C@H](COP(=O)(O)OCCCc3cn(CC(=O)Nc4ccccc4)nn3)[C@@H](O)[C@H]2O)c1. The van der Waals surface area contributed by atoms with Crippen molar-refractivity contribution in [3.8, 4) is 0 Å². The number of aryl methyl sites for hydroxylation is 1. The van der Waals surface area contributed by atoms with Gasteiger partial charge in [0.25, 0.3) is 12.1 Å². The number of amides is 2. The highest BCUT2D eigenvalue weighted by Crippen LogP contribution is 2.44. The number of carbonyl (C=O) groups is 2. The molecule has 1 aliphatic heterocycles. The smallest absolute Gasteiger partial charge is 0.387 e. The fourth-order valence-electron chi connectivity index (χ4n) is 3.95. The number of hydrogen-bond acceptors (Lipinski definition) is 10. The van der Waals surface area contributed by atoms with Gasteiger partial charge in [-0.2, -0.15) is 4.57 Å². The molecule has 0 saturated carbocycles. The molecule has 1 saturated heterocycles. The van der Waals surface area contributed by atoms with E-state index in [2.05, 4.69) is 15.6 Å². The van der Waals surface area contributed by atoms with Crippen LogP contribution >= 0.6 is 7.82 Å². The van der Waals surface area contributed by atoms with Gasteiger partial charge >= 0.3 is 7.82 Å². The molecule has 0 aliphatic carbocycles. The van der Waals surface area contributed by atoms with Gasteiger partial charge in [0.15, 0.2) is 18.5 Å². The maximum atomic E-state index is 12.3. The van der Waals surface area contributed by atoms with Crippen LogP contribution in [0.25, 0.3) is 0 Å². The monoisotopic (exact) mass is 577 g/mol. The van der Waals surface area contributed by atoms with E-state index >= 15 is 0 Å². The second-order valence-corrected chi connectivity index (χ2v) is 10.4. The third-order valence-electron chi connectivity index (χ3n) is 5.92. The van der Waals surface area contributed by atoms with E-state index in [1.165, 1.54) is 33.8 Å². The van der Waals surface area contributed by atoms with Gasteiger partial charge in [0.05, 0.1) is 18.9 Å². The Morgan fingerprint density at radius 1 is 1.15 bits per heavy atom. The molecule has 214 valence electrons. The number of ether oxygens (including phenoxy) is 1. The summed E-state index contributed by atoms with van der Waals surface area (Å²) in [5, 5.41) is 31.3. The van der Waals surface area contributed by atoms with Crippen molar-refractivity contribution in [2.75, 3.05) is 18.5 Å². The average molecular weight is 578 g/mol. The first-order valence-corrected chi connectivity index (χ1v) is 13.8. The predicted molar refractivity (Wildman–Crippen MR) is 136 cm³/mol. The molecule has 1 aromatic carbocycles. The van der Waals surface area contributed by atoms with Crippen LogP contribution in [0.3, 0.4) is 0 Å². The van der Waals surface area contributed by atoms with Crippen molar-refractivity contribution in [3.63, 3.8) is 0 Å². The number of benzene rings is 1. The highest BCUT2D eigenvalue weighted by molar-refractivity contribution is 7.47. The standard InChI is InChI=1S/C24H29N6O9P/c25-23(34)16-6-4-10-29(12-16)24-22(33)21(32)19(39-24)15-38-40(35,36)37-11-5-9-18-13-30(28-27-18)14-20(31)26-17-7-2-1-3-8-17/h1-4,6-8,10,12-13,19,21-22,24,32-33H,5,9,11,14-15H2,(H3-,25,26,31,34,35,36)/p+1/t19-,21-,22-,24-/m1/s1. The van der Waals surface area contributed by atoms with E-state index in [4.69, 9.17) is 19.5 Å². The second-order valence-electron chi connectivity index (χ2n) is 8.97. The van der Waals surface area contributed by atoms with E-state index in [1.807, 2.05) is 6.07 Å². The largest absolute Gasteiger partial charge is 0.472 e. The van der Waals surface area contributed by atoms with Gasteiger partial charge < -0.3 is 30.9 Å². The van der Waals surface area contributed by atoms with Gasteiger partial charge in [-0.15, -0.1) is 5.10 Å². The summed E-state index contributed by atoms with van der Waals surface area (Å²) < 4.78 is 30.6. The van der Waals surface area contributed by atoms with Crippen LogP contribution < -0.4 is 15.6 Å². The summed E-state index contributed by atoms with van der Waals surface area (Å²) in [6, 6.07) is 12.0. The Balaban J connectivity index is 1.18. The maximum Gasteiger partial charge on any atom is 0.472 e. The number of para-hydroxylation sites is 1. The number of nitrogens with zero attached hydrogens (tertiary/aromatic N) is 4. The third kappa shape index (κ3) is 7.99. The Kier molecular flexibility index (Phi) is 9.71. The van der Waals surface area contributed by atoms with Crippen molar-refractivity contribution < 1.29 is 47.6 Å². The Morgan fingerprint density at radius 2 is 1.93 bits per heavy atom. The van der Waals surface area contributed by atoms with E-state index < -0.39 is 44.9 Å². The van der Waals surface area contributed by atoms with E-state index in [0.29, 0.717) is 24.2 Å². The number of pyridine rings is 1. The summed E-state index contributed by atoms with van der Waals surface area (Å²) in [5.74, 6) is -0.950. The lowest BCUT2D eigenvalue weighted by Crippen LogP contribution is -2.46. The van der Waals surface area contributed by atoms with Crippen LogP contribution in [-0.4, -0.2) is 73.4 Å².